The van der Waals surface area contributed by atoms with Gasteiger partial charge in [0, 0.05) is 21.4 Å². The maximum atomic E-state index is 13.5. The molecule has 0 bridgehead atoms. The van der Waals surface area contributed by atoms with Gasteiger partial charge in [-0.1, -0.05) is 11.8 Å². The molecule has 0 radical (unpaired) electrons. The van der Waals surface area contributed by atoms with Gasteiger partial charge < -0.3 is 5.73 Å². The van der Waals surface area contributed by atoms with Gasteiger partial charge in [0.1, 0.15) is 23.3 Å². The number of amidine groups is 1. The van der Waals surface area contributed by atoms with Crippen LogP contribution >= 0.6 is 11.8 Å². The smallest absolute Gasteiger partial charge is 0.140 e. The average Bonchev–Trinajstić information content (AvgIpc) is 2.34. The molecule has 2 rings (SSSR count). The maximum Gasteiger partial charge on any atom is 0.140 e. The third-order valence-corrected chi connectivity index (χ3v) is 3.47. The Bertz CT molecular complexity index is 644. The highest BCUT2D eigenvalue weighted by atomic mass is 32.2. The van der Waals surface area contributed by atoms with E-state index in [9.17, 15) is 13.2 Å². The van der Waals surface area contributed by atoms with Crippen molar-refractivity contribution >= 4 is 17.6 Å². The monoisotopic (exact) mass is 282 g/mol. The maximum absolute atomic E-state index is 13.5. The molecular formula is C13H9F3N2S. The molecule has 19 heavy (non-hydrogen) atoms. The van der Waals surface area contributed by atoms with Crippen molar-refractivity contribution < 1.29 is 13.2 Å². The molecule has 0 heterocycles. The van der Waals surface area contributed by atoms with E-state index < -0.39 is 17.5 Å². The van der Waals surface area contributed by atoms with E-state index in [0.29, 0.717) is 4.90 Å². The lowest BCUT2D eigenvalue weighted by Crippen LogP contribution is -2.12. The van der Waals surface area contributed by atoms with Crippen LogP contribution in [0.1, 0.15) is 5.56 Å². The van der Waals surface area contributed by atoms with Crippen molar-refractivity contribution in [3.05, 3.63) is 59.4 Å². The number of nitrogens with two attached hydrogens (primary N) is 1. The third kappa shape index (κ3) is 3.08. The summed E-state index contributed by atoms with van der Waals surface area (Å²) in [5, 5.41) is 7.37. The Morgan fingerprint density at radius 1 is 0.947 bits per heavy atom. The second-order valence-electron chi connectivity index (χ2n) is 3.73. The van der Waals surface area contributed by atoms with E-state index in [1.807, 2.05) is 0 Å². The molecule has 2 aromatic rings. The van der Waals surface area contributed by atoms with E-state index >= 15 is 0 Å². The van der Waals surface area contributed by atoms with Crippen molar-refractivity contribution in [1.29, 1.82) is 5.41 Å². The Labute approximate surface area is 111 Å². The van der Waals surface area contributed by atoms with Crippen LogP contribution in [0.4, 0.5) is 13.2 Å². The van der Waals surface area contributed by atoms with Crippen LogP contribution in [-0.4, -0.2) is 5.84 Å². The fourth-order valence-corrected chi connectivity index (χ4v) is 2.42. The van der Waals surface area contributed by atoms with Gasteiger partial charge in [0.15, 0.2) is 0 Å². The zero-order valence-electron chi connectivity index (χ0n) is 9.58. The van der Waals surface area contributed by atoms with Gasteiger partial charge in [0.05, 0.1) is 0 Å². The first-order valence-electron chi connectivity index (χ1n) is 5.24. The molecule has 0 spiro atoms. The van der Waals surface area contributed by atoms with E-state index in [0.717, 1.165) is 30.0 Å². The first-order chi connectivity index (χ1) is 8.97. The van der Waals surface area contributed by atoms with Crippen LogP contribution in [0.5, 0.6) is 0 Å². The van der Waals surface area contributed by atoms with Crippen molar-refractivity contribution in [2.45, 2.75) is 9.79 Å². The largest absolute Gasteiger partial charge is 0.384 e. The highest BCUT2D eigenvalue weighted by Gasteiger charge is 2.11. The number of rotatable bonds is 3. The zero-order valence-corrected chi connectivity index (χ0v) is 10.4. The van der Waals surface area contributed by atoms with Crippen molar-refractivity contribution in [2.75, 3.05) is 0 Å². The molecule has 0 aliphatic carbocycles. The lowest BCUT2D eigenvalue weighted by Gasteiger charge is -2.08. The number of hydrogen-bond donors (Lipinski definition) is 2. The molecule has 2 aromatic carbocycles. The van der Waals surface area contributed by atoms with Crippen LogP contribution < -0.4 is 5.73 Å². The predicted octanol–water partition coefficient (Wildman–Crippen LogP) is 3.54. The highest BCUT2D eigenvalue weighted by Crippen LogP contribution is 2.32. The molecule has 0 amide bonds. The van der Waals surface area contributed by atoms with Crippen LogP contribution in [0.25, 0.3) is 0 Å². The quantitative estimate of drug-likeness (QED) is 0.668. The van der Waals surface area contributed by atoms with Crippen LogP contribution in [0.3, 0.4) is 0 Å². The molecule has 2 nitrogen and oxygen atoms in total. The van der Waals surface area contributed by atoms with Crippen LogP contribution in [0.15, 0.2) is 46.2 Å². The molecule has 0 aliphatic rings. The molecule has 0 unspecified atom stereocenters. The Kier molecular flexibility index (Phi) is 3.80. The summed E-state index contributed by atoms with van der Waals surface area (Å²) < 4.78 is 39.4. The Balaban J connectivity index is 2.40. The first kappa shape index (κ1) is 13.5. The van der Waals surface area contributed by atoms with Crippen LogP contribution in [-0.2, 0) is 0 Å². The average molecular weight is 282 g/mol. The molecule has 0 saturated carbocycles. The SMILES string of the molecule is N=C(N)c1cc(F)ccc1Sc1ccc(F)cc1F. The van der Waals surface area contributed by atoms with E-state index in [1.54, 1.807) is 0 Å². The normalized spacial score (nSPS) is 10.5. The van der Waals surface area contributed by atoms with Gasteiger partial charge in [-0.05, 0) is 30.3 Å². The molecule has 0 aliphatic heterocycles. The van der Waals surface area contributed by atoms with E-state index in [1.165, 1.54) is 18.2 Å². The van der Waals surface area contributed by atoms with Crippen molar-refractivity contribution in [1.82, 2.24) is 0 Å². The van der Waals surface area contributed by atoms with Gasteiger partial charge >= 0.3 is 0 Å². The summed E-state index contributed by atoms with van der Waals surface area (Å²) in [6.07, 6.45) is 0. The van der Waals surface area contributed by atoms with E-state index in [4.69, 9.17) is 11.1 Å². The van der Waals surface area contributed by atoms with Crippen molar-refractivity contribution in [3.63, 3.8) is 0 Å². The summed E-state index contributed by atoms with van der Waals surface area (Å²) in [6, 6.07) is 6.87. The van der Waals surface area contributed by atoms with Gasteiger partial charge in [-0.25, -0.2) is 13.2 Å². The molecule has 0 fully saturated rings. The minimum atomic E-state index is -0.719. The summed E-state index contributed by atoms with van der Waals surface area (Å²) in [6.45, 7) is 0. The fraction of sp³-hybridized carbons (Fsp3) is 0. The summed E-state index contributed by atoms with van der Waals surface area (Å²) in [5.74, 6) is -2.24. The molecule has 0 saturated heterocycles. The summed E-state index contributed by atoms with van der Waals surface area (Å²) in [4.78, 5) is 0.606. The lowest BCUT2D eigenvalue weighted by atomic mass is 10.2. The summed E-state index contributed by atoms with van der Waals surface area (Å²) in [7, 11) is 0. The van der Waals surface area contributed by atoms with Gasteiger partial charge in [-0.3, -0.25) is 5.41 Å². The fourth-order valence-electron chi connectivity index (χ4n) is 1.48. The predicted molar refractivity (Wildman–Crippen MR) is 67.9 cm³/mol. The number of nitrogen functional groups attached to an aromatic ring is 1. The lowest BCUT2D eigenvalue weighted by molar-refractivity contribution is 0.565. The number of halogens is 3. The van der Waals surface area contributed by atoms with Crippen LogP contribution in [0.2, 0.25) is 0 Å². The van der Waals surface area contributed by atoms with E-state index in [-0.39, 0.29) is 16.3 Å². The second-order valence-corrected chi connectivity index (χ2v) is 4.81. The minimum absolute atomic E-state index is 0.175. The molecule has 0 atom stereocenters. The van der Waals surface area contributed by atoms with Gasteiger partial charge in [-0.15, -0.1) is 0 Å². The Hall–Kier alpha value is -1.95. The number of benzene rings is 2. The van der Waals surface area contributed by atoms with Gasteiger partial charge in [0.2, 0.25) is 0 Å². The van der Waals surface area contributed by atoms with Crippen molar-refractivity contribution in [2.24, 2.45) is 5.73 Å². The first-order valence-corrected chi connectivity index (χ1v) is 6.06. The zero-order chi connectivity index (χ0) is 14.0. The third-order valence-electron chi connectivity index (χ3n) is 2.35. The highest BCUT2D eigenvalue weighted by molar-refractivity contribution is 7.99. The van der Waals surface area contributed by atoms with Gasteiger partial charge in [-0.2, -0.15) is 0 Å². The van der Waals surface area contributed by atoms with E-state index in [2.05, 4.69) is 0 Å². The van der Waals surface area contributed by atoms with Crippen molar-refractivity contribution in [3.8, 4) is 0 Å². The standard InChI is InChI=1S/C13H9F3N2S/c14-7-1-3-11(9(5-7)13(17)18)19-12-4-2-8(15)6-10(12)16/h1-6H,(H3,17,18). The molecule has 98 valence electrons. The van der Waals surface area contributed by atoms with Crippen LogP contribution in [0, 0.1) is 22.9 Å². The molecule has 0 aromatic heterocycles. The number of hydrogen-bond acceptors (Lipinski definition) is 2. The molecule has 3 N–H and O–H groups in total. The molecular weight excluding hydrogens is 273 g/mol. The molecule has 6 heteroatoms. The van der Waals surface area contributed by atoms with Gasteiger partial charge in [0.25, 0.3) is 0 Å². The summed E-state index contributed by atoms with van der Waals surface area (Å²) >= 11 is 0.957. The summed E-state index contributed by atoms with van der Waals surface area (Å²) in [5.41, 5.74) is 5.52. The second kappa shape index (κ2) is 5.36. The Morgan fingerprint density at radius 2 is 1.53 bits per heavy atom. The Morgan fingerprint density at radius 3 is 2.11 bits per heavy atom. The number of nitrogens with one attached hydrogen (secondary N) is 1. The minimum Gasteiger partial charge on any atom is -0.384 e. The topological polar surface area (TPSA) is 49.9 Å².